The maximum absolute atomic E-state index is 11.4. The first-order chi connectivity index (χ1) is 9.87. The van der Waals surface area contributed by atoms with Crippen LogP contribution in [-0.2, 0) is 0 Å². The third-order valence-corrected chi connectivity index (χ3v) is 3.42. The van der Waals surface area contributed by atoms with Crippen molar-refractivity contribution in [1.82, 2.24) is 9.97 Å². The monoisotopic (exact) mass is 304 g/mol. The maximum Gasteiger partial charge on any atom is 0.343 e. The molecule has 0 aliphatic heterocycles. The molecule has 0 amide bonds. The molecule has 0 unspecified atom stereocenters. The fourth-order valence-electron chi connectivity index (χ4n) is 1.65. The maximum atomic E-state index is 11.4. The van der Waals surface area contributed by atoms with Gasteiger partial charge in [-0.25, -0.2) is 9.97 Å². The Labute approximate surface area is 127 Å². The third-order valence-electron chi connectivity index (χ3n) is 2.42. The van der Waals surface area contributed by atoms with Gasteiger partial charge in [0.2, 0.25) is 5.82 Å². The number of nitro groups is 1. The first kappa shape index (κ1) is 15.2. The Hall–Kier alpha value is -2.15. The SMILES string of the molecule is CC(C)(C)Nc1ncnc(Sc2ccccc2)c1[N+](=O)[O-]. The molecule has 21 heavy (non-hydrogen) atoms. The van der Waals surface area contributed by atoms with Gasteiger partial charge in [-0.05, 0) is 32.9 Å². The second-order valence-electron chi connectivity index (χ2n) is 5.42. The van der Waals surface area contributed by atoms with E-state index >= 15 is 0 Å². The van der Waals surface area contributed by atoms with Crippen molar-refractivity contribution in [1.29, 1.82) is 0 Å². The number of hydrogen-bond donors (Lipinski definition) is 1. The summed E-state index contributed by atoms with van der Waals surface area (Å²) in [5.74, 6) is 0.237. The van der Waals surface area contributed by atoms with Crippen LogP contribution in [0.25, 0.3) is 0 Å². The predicted molar refractivity (Wildman–Crippen MR) is 82.6 cm³/mol. The van der Waals surface area contributed by atoms with E-state index in [4.69, 9.17) is 0 Å². The minimum Gasteiger partial charge on any atom is -0.360 e. The zero-order chi connectivity index (χ0) is 15.5. The molecule has 110 valence electrons. The first-order valence-corrected chi connectivity index (χ1v) is 7.19. The van der Waals surface area contributed by atoms with Crippen LogP contribution in [0, 0.1) is 10.1 Å². The minimum absolute atomic E-state index is 0.0960. The summed E-state index contributed by atoms with van der Waals surface area (Å²) in [7, 11) is 0. The second kappa shape index (κ2) is 6.09. The van der Waals surface area contributed by atoms with E-state index in [1.54, 1.807) is 0 Å². The van der Waals surface area contributed by atoms with Crippen molar-refractivity contribution >= 4 is 23.3 Å². The molecular formula is C14H16N4O2S. The number of nitrogens with one attached hydrogen (secondary N) is 1. The van der Waals surface area contributed by atoms with Crippen molar-refractivity contribution in [3.05, 3.63) is 46.8 Å². The molecule has 0 atom stereocenters. The van der Waals surface area contributed by atoms with Crippen LogP contribution in [0.3, 0.4) is 0 Å². The molecule has 0 spiro atoms. The lowest BCUT2D eigenvalue weighted by molar-refractivity contribution is -0.387. The summed E-state index contributed by atoms with van der Waals surface area (Å²) in [6.07, 6.45) is 1.34. The molecule has 0 aliphatic carbocycles. The van der Waals surface area contributed by atoms with Crippen LogP contribution in [0.1, 0.15) is 20.8 Å². The van der Waals surface area contributed by atoms with Crippen molar-refractivity contribution in [3.63, 3.8) is 0 Å². The van der Waals surface area contributed by atoms with Gasteiger partial charge in [0.05, 0.1) is 4.92 Å². The summed E-state index contributed by atoms with van der Waals surface area (Å²) >= 11 is 1.25. The van der Waals surface area contributed by atoms with Gasteiger partial charge in [-0.1, -0.05) is 30.0 Å². The molecular weight excluding hydrogens is 288 g/mol. The topological polar surface area (TPSA) is 81.0 Å². The van der Waals surface area contributed by atoms with Crippen molar-refractivity contribution in [3.8, 4) is 0 Å². The number of aromatic nitrogens is 2. The van der Waals surface area contributed by atoms with Gasteiger partial charge < -0.3 is 5.32 Å². The van der Waals surface area contributed by atoms with Gasteiger partial charge in [-0.2, -0.15) is 0 Å². The summed E-state index contributed by atoms with van der Waals surface area (Å²) < 4.78 is 0. The lowest BCUT2D eigenvalue weighted by atomic mass is 10.1. The Morgan fingerprint density at radius 2 is 1.86 bits per heavy atom. The fourth-order valence-corrected chi connectivity index (χ4v) is 2.53. The first-order valence-electron chi connectivity index (χ1n) is 6.37. The normalized spacial score (nSPS) is 11.2. The van der Waals surface area contributed by atoms with Crippen LogP contribution in [0.4, 0.5) is 11.5 Å². The highest BCUT2D eigenvalue weighted by Crippen LogP contribution is 2.37. The van der Waals surface area contributed by atoms with E-state index in [0.29, 0.717) is 5.03 Å². The molecule has 1 heterocycles. The summed E-state index contributed by atoms with van der Waals surface area (Å²) in [4.78, 5) is 19.9. The van der Waals surface area contributed by atoms with Crippen LogP contribution in [0.5, 0.6) is 0 Å². The van der Waals surface area contributed by atoms with E-state index in [0.717, 1.165) is 4.90 Å². The summed E-state index contributed by atoms with van der Waals surface area (Å²) in [5.41, 5.74) is -0.422. The third kappa shape index (κ3) is 4.16. The fraction of sp³-hybridized carbons (Fsp3) is 0.286. The Balaban J connectivity index is 2.41. The molecule has 1 N–H and O–H groups in total. The lowest BCUT2D eigenvalue weighted by Gasteiger charge is -2.21. The Kier molecular flexibility index (Phi) is 4.42. The molecule has 0 radical (unpaired) electrons. The highest BCUT2D eigenvalue weighted by molar-refractivity contribution is 7.99. The van der Waals surface area contributed by atoms with Crippen LogP contribution >= 0.6 is 11.8 Å². The van der Waals surface area contributed by atoms with Crippen LogP contribution in [-0.4, -0.2) is 20.4 Å². The van der Waals surface area contributed by atoms with Gasteiger partial charge in [-0.3, -0.25) is 10.1 Å². The molecule has 0 saturated carbocycles. The van der Waals surface area contributed by atoms with Gasteiger partial charge in [-0.15, -0.1) is 0 Å². The van der Waals surface area contributed by atoms with Crippen molar-refractivity contribution in [2.45, 2.75) is 36.2 Å². The van der Waals surface area contributed by atoms with E-state index in [1.807, 2.05) is 51.1 Å². The van der Waals surface area contributed by atoms with Crippen LogP contribution in [0.2, 0.25) is 0 Å². The molecule has 2 aromatic rings. The number of hydrogen-bond acceptors (Lipinski definition) is 6. The number of anilines is 1. The van der Waals surface area contributed by atoms with Crippen molar-refractivity contribution in [2.75, 3.05) is 5.32 Å². The second-order valence-corrected chi connectivity index (χ2v) is 6.49. The molecule has 2 rings (SSSR count). The molecule has 0 bridgehead atoms. The van der Waals surface area contributed by atoms with Gasteiger partial charge in [0.25, 0.3) is 0 Å². The predicted octanol–water partition coefficient (Wildman–Crippen LogP) is 3.75. The minimum atomic E-state index is -0.445. The van der Waals surface area contributed by atoms with E-state index in [9.17, 15) is 10.1 Å². The average Bonchev–Trinajstić information content (AvgIpc) is 2.37. The Morgan fingerprint density at radius 1 is 1.19 bits per heavy atom. The van der Waals surface area contributed by atoms with Crippen LogP contribution in [0.15, 0.2) is 46.6 Å². The quantitative estimate of drug-likeness (QED) is 0.526. The van der Waals surface area contributed by atoms with Gasteiger partial charge in [0.1, 0.15) is 6.33 Å². The number of nitrogens with zero attached hydrogens (tertiary/aromatic N) is 3. The summed E-state index contributed by atoms with van der Waals surface area (Å²) in [5, 5.41) is 14.8. The molecule has 6 nitrogen and oxygen atoms in total. The van der Waals surface area contributed by atoms with Crippen molar-refractivity contribution in [2.24, 2.45) is 0 Å². The Morgan fingerprint density at radius 3 is 2.43 bits per heavy atom. The van der Waals surface area contributed by atoms with Gasteiger partial charge >= 0.3 is 5.69 Å². The molecule has 1 aromatic heterocycles. The van der Waals surface area contributed by atoms with E-state index in [-0.39, 0.29) is 17.0 Å². The van der Waals surface area contributed by atoms with E-state index in [2.05, 4.69) is 15.3 Å². The standard InChI is InChI=1S/C14H16N4O2S/c1-14(2,3)17-12-11(18(19)20)13(16-9-15-12)21-10-7-5-4-6-8-10/h4-9H,1-3H3,(H,15,16,17). The summed E-state index contributed by atoms with van der Waals surface area (Å²) in [6, 6.07) is 9.42. The molecule has 0 aliphatic rings. The lowest BCUT2D eigenvalue weighted by Crippen LogP contribution is -2.27. The molecule has 0 fully saturated rings. The largest absolute Gasteiger partial charge is 0.360 e. The van der Waals surface area contributed by atoms with Crippen molar-refractivity contribution < 1.29 is 4.92 Å². The highest BCUT2D eigenvalue weighted by atomic mass is 32.2. The van der Waals surface area contributed by atoms with Gasteiger partial charge in [0.15, 0.2) is 5.03 Å². The van der Waals surface area contributed by atoms with Crippen LogP contribution < -0.4 is 5.32 Å². The summed E-state index contributed by atoms with van der Waals surface area (Å²) in [6.45, 7) is 5.76. The smallest absolute Gasteiger partial charge is 0.343 e. The zero-order valence-corrected chi connectivity index (χ0v) is 12.8. The average molecular weight is 304 g/mol. The Bertz CT molecular complexity index is 641. The highest BCUT2D eigenvalue weighted by Gasteiger charge is 2.26. The molecule has 1 aromatic carbocycles. The molecule has 0 saturated heterocycles. The van der Waals surface area contributed by atoms with E-state index < -0.39 is 4.92 Å². The number of benzene rings is 1. The number of rotatable bonds is 4. The van der Waals surface area contributed by atoms with Gasteiger partial charge in [0, 0.05) is 10.4 Å². The molecule has 7 heteroatoms. The zero-order valence-electron chi connectivity index (χ0n) is 12.0. The van der Waals surface area contributed by atoms with E-state index in [1.165, 1.54) is 18.1 Å².